The number of aliphatic hydroxyl groups excluding tert-OH is 1. The third-order valence-electron chi connectivity index (χ3n) is 6.29. The van der Waals surface area contributed by atoms with Crippen molar-refractivity contribution in [2.75, 3.05) is 24.2 Å². The number of aryl methyl sites for hydroxylation is 1. The van der Waals surface area contributed by atoms with E-state index in [0.29, 0.717) is 11.4 Å². The molecule has 1 saturated heterocycles. The van der Waals surface area contributed by atoms with Gasteiger partial charge in [0.2, 0.25) is 0 Å². The number of benzene rings is 2. The van der Waals surface area contributed by atoms with Crippen LogP contribution in [0.5, 0.6) is 0 Å². The molecule has 11 nitrogen and oxygen atoms in total. The first-order valence-corrected chi connectivity index (χ1v) is 13.6. The van der Waals surface area contributed by atoms with Gasteiger partial charge in [-0.2, -0.15) is 0 Å². The van der Waals surface area contributed by atoms with Gasteiger partial charge in [0.1, 0.15) is 12.9 Å². The molecular formula is C27H33N5O6S. The largest absolute Gasteiger partial charge is 0.465 e. The monoisotopic (exact) mass is 555 g/mol. The second-order valence-electron chi connectivity index (χ2n) is 9.10. The Bertz CT molecular complexity index is 1250. The van der Waals surface area contributed by atoms with Crippen LogP contribution in [0, 0.1) is 5.92 Å². The van der Waals surface area contributed by atoms with Crippen molar-refractivity contribution in [1.29, 1.82) is 0 Å². The standard InChI is InChI=1S/C27H33N5O6S/c1-4-36-23(34)13-28-26(35)30-21-7-5-6-20(12-21)25-37-22(15-39-27-31-29-16-32(27)3)17(2)24(38-25)19-10-8-18(14-33)9-11-19/h5-12,16-17,22,24-25,33H,4,13-15H2,1-3H3,(H2,28,30,35). The van der Waals surface area contributed by atoms with Crippen LogP contribution in [0.4, 0.5) is 10.5 Å². The maximum absolute atomic E-state index is 12.3. The normalized spacial score (nSPS) is 20.8. The minimum Gasteiger partial charge on any atom is -0.465 e. The molecule has 208 valence electrons. The second-order valence-corrected chi connectivity index (χ2v) is 10.1. The van der Waals surface area contributed by atoms with Gasteiger partial charge in [-0.25, -0.2) is 4.79 Å². The Kier molecular flexibility index (Phi) is 9.93. The summed E-state index contributed by atoms with van der Waals surface area (Å²) in [6, 6.07) is 14.4. The first-order chi connectivity index (χ1) is 18.9. The van der Waals surface area contributed by atoms with E-state index in [1.807, 2.05) is 41.9 Å². The quantitative estimate of drug-likeness (QED) is 0.253. The Hall–Kier alpha value is -3.45. The zero-order chi connectivity index (χ0) is 27.8. The van der Waals surface area contributed by atoms with Crippen molar-refractivity contribution < 1.29 is 28.9 Å². The van der Waals surface area contributed by atoms with E-state index in [9.17, 15) is 14.7 Å². The van der Waals surface area contributed by atoms with Gasteiger partial charge in [-0.1, -0.05) is 55.1 Å². The zero-order valence-electron chi connectivity index (χ0n) is 22.1. The predicted octanol–water partition coefficient (Wildman–Crippen LogP) is 3.58. The number of aliphatic hydroxyl groups is 1. The molecule has 0 aliphatic carbocycles. The van der Waals surface area contributed by atoms with Gasteiger partial charge in [-0.15, -0.1) is 10.2 Å². The molecule has 0 spiro atoms. The molecule has 4 atom stereocenters. The number of amides is 2. The van der Waals surface area contributed by atoms with E-state index in [0.717, 1.165) is 21.8 Å². The number of carbonyl (C=O) groups is 2. The van der Waals surface area contributed by atoms with E-state index in [-0.39, 0.29) is 37.9 Å². The molecule has 1 aliphatic rings. The number of nitrogens with one attached hydrogen (secondary N) is 2. The van der Waals surface area contributed by atoms with Gasteiger partial charge >= 0.3 is 12.0 Å². The maximum atomic E-state index is 12.3. The zero-order valence-corrected chi connectivity index (χ0v) is 22.9. The van der Waals surface area contributed by atoms with Crippen molar-refractivity contribution in [3.05, 3.63) is 71.5 Å². The summed E-state index contributed by atoms with van der Waals surface area (Å²) in [5.41, 5.74) is 3.06. The van der Waals surface area contributed by atoms with Crippen LogP contribution in [0.25, 0.3) is 0 Å². The van der Waals surface area contributed by atoms with E-state index >= 15 is 0 Å². The van der Waals surface area contributed by atoms with Gasteiger partial charge in [0.05, 0.1) is 25.4 Å². The van der Waals surface area contributed by atoms with Crippen molar-refractivity contribution in [2.45, 2.75) is 44.1 Å². The molecular weight excluding hydrogens is 522 g/mol. The number of carbonyl (C=O) groups excluding carboxylic acids is 2. The van der Waals surface area contributed by atoms with E-state index < -0.39 is 18.3 Å². The van der Waals surface area contributed by atoms with Gasteiger partial charge in [0, 0.05) is 30.0 Å². The summed E-state index contributed by atoms with van der Waals surface area (Å²) >= 11 is 1.56. The minimum atomic E-state index is -0.696. The minimum absolute atomic E-state index is 0.0110. The molecule has 1 aliphatic heterocycles. The highest BCUT2D eigenvalue weighted by molar-refractivity contribution is 7.99. The van der Waals surface area contributed by atoms with Crippen molar-refractivity contribution in [2.24, 2.45) is 13.0 Å². The van der Waals surface area contributed by atoms with Crippen LogP contribution < -0.4 is 10.6 Å². The van der Waals surface area contributed by atoms with E-state index in [1.54, 1.807) is 43.2 Å². The lowest BCUT2D eigenvalue weighted by molar-refractivity contribution is -0.268. The summed E-state index contributed by atoms with van der Waals surface area (Å²) < 4.78 is 19.6. The van der Waals surface area contributed by atoms with Gasteiger partial charge in [-0.3, -0.25) is 4.79 Å². The van der Waals surface area contributed by atoms with Gasteiger partial charge in [-0.05, 0) is 30.2 Å². The second kappa shape index (κ2) is 13.6. The molecule has 1 fully saturated rings. The fourth-order valence-corrected chi connectivity index (χ4v) is 5.22. The summed E-state index contributed by atoms with van der Waals surface area (Å²) in [5, 5.41) is 23.6. The van der Waals surface area contributed by atoms with Crippen molar-refractivity contribution in [3.8, 4) is 0 Å². The summed E-state index contributed by atoms with van der Waals surface area (Å²) in [6.45, 7) is 3.78. The first-order valence-electron chi connectivity index (χ1n) is 12.7. The third-order valence-corrected chi connectivity index (χ3v) is 7.41. The molecule has 0 saturated carbocycles. The van der Waals surface area contributed by atoms with Crippen LogP contribution in [-0.4, -0.2) is 56.9 Å². The topological polar surface area (TPSA) is 137 Å². The maximum Gasteiger partial charge on any atom is 0.325 e. The number of anilines is 1. The molecule has 1 aromatic heterocycles. The van der Waals surface area contributed by atoms with Crippen molar-refractivity contribution in [1.82, 2.24) is 20.1 Å². The van der Waals surface area contributed by atoms with Crippen LogP contribution in [0.15, 0.2) is 60.0 Å². The Morgan fingerprint density at radius 3 is 2.64 bits per heavy atom. The average molecular weight is 556 g/mol. The molecule has 2 aromatic carbocycles. The van der Waals surface area contributed by atoms with Crippen LogP contribution in [0.3, 0.4) is 0 Å². The molecule has 0 radical (unpaired) electrons. The lowest BCUT2D eigenvalue weighted by Gasteiger charge is -2.41. The summed E-state index contributed by atoms with van der Waals surface area (Å²) in [7, 11) is 1.90. The predicted molar refractivity (Wildman–Crippen MR) is 145 cm³/mol. The molecule has 12 heteroatoms. The number of rotatable bonds is 10. The number of aromatic nitrogens is 3. The Morgan fingerprint density at radius 1 is 1.15 bits per heavy atom. The van der Waals surface area contributed by atoms with Crippen molar-refractivity contribution in [3.63, 3.8) is 0 Å². The van der Waals surface area contributed by atoms with Gasteiger partial charge in [0.25, 0.3) is 0 Å². The number of urea groups is 1. The Morgan fingerprint density at radius 2 is 1.95 bits per heavy atom. The fraction of sp³-hybridized carbons (Fsp3) is 0.407. The highest BCUT2D eigenvalue weighted by Crippen LogP contribution is 2.43. The molecule has 2 heterocycles. The van der Waals surface area contributed by atoms with Crippen molar-refractivity contribution >= 4 is 29.4 Å². The van der Waals surface area contributed by atoms with Gasteiger partial charge in [0.15, 0.2) is 11.4 Å². The Labute approximate surface area is 231 Å². The number of hydrogen-bond acceptors (Lipinski definition) is 9. The SMILES string of the molecule is CCOC(=O)CNC(=O)Nc1cccc(C2OC(CSc3nncn3C)C(C)C(c3ccc(CO)cc3)O2)c1. The highest BCUT2D eigenvalue weighted by atomic mass is 32.2. The van der Waals surface area contributed by atoms with Crippen LogP contribution >= 0.6 is 11.8 Å². The smallest absolute Gasteiger partial charge is 0.325 e. The summed E-state index contributed by atoms with van der Waals surface area (Å²) in [5.74, 6) is 0.132. The lowest BCUT2D eigenvalue weighted by atomic mass is 9.91. The molecule has 39 heavy (non-hydrogen) atoms. The van der Waals surface area contributed by atoms with E-state index in [1.165, 1.54) is 0 Å². The van der Waals surface area contributed by atoms with E-state index in [2.05, 4.69) is 27.8 Å². The number of hydrogen-bond donors (Lipinski definition) is 3. The highest BCUT2D eigenvalue weighted by Gasteiger charge is 2.38. The summed E-state index contributed by atoms with van der Waals surface area (Å²) in [6.07, 6.45) is 0.508. The van der Waals surface area contributed by atoms with Crippen LogP contribution in [0.1, 0.15) is 42.9 Å². The number of ether oxygens (including phenoxy) is 3. The summed E-state index contributed by atoms with van der Waals surface area (Å²) in [4.78, 5) is 23.8. The molecule has 2 amide bonds. The third kappa shape index (κ3) is 7.57. The first kappa shape index (κ1) is 28.6. The molecule has 4 rings (SSSR count). The van der Waals surface area contributed by atoms with Crippen LogP contribution in [0.2, 0.25) is 0 Å². The molecule has 0 bridgehead atoms. The average Bonchev–Trinajstić information content (AvgIpc) is 3.36. The Balaban J connectivity index is 1.51. The number of thioether (sulfide) groups is 1. The van der Waals surface area contributed by atoms with Gasteiger partial charge < -0.3 is 34.5 Å². The molecule has 3 N–H and O–H groups in total. The number of nitrogens with zero attached hydrogens (tertiary/aromatic N) is 3. The molecule has 4 unspecified atom stereocenters. The fourth-order valence-electron chi connectivity index (χ4n) is 4.17. The number of esters is 1. The lowest BCUT2D eigenvalue weighted by Crippen LogP contribution is -2.38. The molecule has 3 aromatic rings. The van der Waals surface area contributed by atoms with E-state index in [4.69, 9.17) is 14.2 Å². The van der Waals surface area contributed by atoms with Crippen LogP contribution in [-0.2, 0) is 32.7 Å².